The lowest BCUT2D eigenvalue weighted by Crippen LogP contribution is -2.47. The van der Waals surface area contributed by atoms with Gasteiger partial charge < -0.3 is 10.1 Å². The molecule has 3 nitrogen and oxygen atoms in total. The quantitative estimate of drug-likeness (QED) is 0.860. The second-order valence-corrected chi connectivity index (χ2v) is 3.92. The lowest BCUT2D eigenvalue weighted by atomic mass is 10.0. The van der Waals surface area contributed by atoms with Gasteiger partial charge in [0.15, 0.2) is 5.78 Å². The van der Waals surface area contributed by atoms with Gasteiger partial charge in [0, 0.05) is 18.5 Å². The molecule has 1 heterocycles. The van der Waals surface area contributed by atoms with Crippen LogP contribution in [-0.4, -0.2) is 31.6 Å². The molecule has 1 N–H and O–H groups in total. The number of morpholine rings is 1. The minimum Gasteiger partial charge on any atom is -0.378 e. The maximum atomic E-state index is 13.3. The Morgan fingerprint density at radius 1 is 1.41 bits per heavy atom. The first kappa shape index (κ1) is 12.1. The van der Waals surface area contributed by atoms with Crippen LogP contribution in [0.3, 0.4) is 0 Å². The second-order valence-electron chi connectivity index (χ2n) is 3.92. The first-order valence-corrected chi connectivity index (χ1v) is 5.45. The zero-order valence-electron chi connectivity index (χ0n) is 9.21. The Hall–Kier alpha value is -1.33. The average Bonchev–Trinajstić information content (AvgIpc) is 2.35. The molecule has 0 spiro atoms. The number of carbonyl (C=O) groups is 1. The Kier molecular flexibility index (Phi) is 3.81. The highest BCUT2D eigenvalue weighted by atomic mass is 19.1. The number of ether oxygens (including phenoxy) is 1. The third-order valence-electron chi connectivity index (χ3n) is 2.72. The molecule has 17 heavy (non-hydrogen) atoms. The SMILES string of the molecule is O=C(Cc1c(F)cccc1F)C1COCCN1. The van der Waals surface area contributed by atoms with Gasteiger partial charge >= 0.3 is 0 Å². The molecule has 1 aromatic carbocycles. The van der Waals surface area contributed by atoms with E-state index in [1.165, 1.54) is 6.07 Å². The van der Waals surface area contributed by atoms with Gasteiger partial charge in [0.2, 0.25) is 0 Å². The van der Waals surface area contributed by atoms with E-state index in [0.29, 0.717) is 13.2 Å². The molecule has 1 saturated heterocycles. The lowest BCUT2D eigenvalue weighted by Gasteiger charge is -2.22. The number of Topliss-reactive ketones (excluding diaryl/α,β-unsaturated/α-hetero) is 1. The van der Waals surface area contributed by atoms with Crippen LogP contribution in [0.25, 0.3) is 0 Å². The fraction of sp³-hybridized carbons (Fsp3) is 0.417. The lowest BCUT2D eigenvalue weighted by molar-refractivity contribution is -0.123. The summed E-state index contributed by atoms with van der Waals surface area (Å²) in [4.78, 5) is 11.8. The van der Waals surface area contributed by atoms with E-state index in [-0.39, 0.29) is 24.4 Å². The van der Waals surface area contributed by atoms with Crippen LogP contribution >= 0.6 is 0 Å². The summed E-state index contributed by atoms with van der Waals surface area (Å²) in [5, 5.41) is 2.96. The molecular formula is C12H13F2NO2. The molecule has 1 aliphatic rings. The van der Waals surface area contributed by atoms with Crippen LogP contribution < -0.4 is 5.32 Å². The maximum Gasteiger partial charge on any atom is 0.156 e. The number of carbonyl (C=O) groups excluding carboxylic acids is 1. The molecule has 1 atom stereocenters. The minimum absolute atomic E-state index is 0.176. The molecule has 1 aliphatic heterocycles. The molecule has 1 fully saturated rings. The number of rotatable bonds is 3. The van der Waals surface area contributed by atoms with Crippen LogP contribution in [0.1, 0.15) is 5.56 Å². The van der Waals surface area contributed by atoms with Crippen LogP contribution in [0.4, 0.5) is 8.78 Å². The van der Waals surface area contributed by atoms with E-state index in [0.717, 1.165) is 12.1 Å². The Morgan fingerprint density at radius 2 is 2.12 bits per heavy atom. The van der Waals surface area contributed by atoms with E-state index in [1.807, 2.05) is 0 Å². The van der Waals surface area contributed by atoms with Crippen molar-refractivity contribution in [2.75, 3.05) is 19.8 Å². The molecule has 1 aromatic rings. The second kappa shape index (κ2) is 5.33. The van der Waals surface area contributed by atoms with Gasteiger partial charge in [-0.1, -0.05) is 6.07 Å². The number of benzene rings is 1. The zero-order valence-corrected chi connectivity index (χ0v) is 9.21. The van der Waals surface area contributed by atoms with Crippen molar-refractivity contribution in [1.29, 1.82) is 0 Å². The monoisotopic (exact) mass is 241 g/mol. The van der Waals surface area contributed by atoms with Crippen LogP contribution in [0.2, 0.25) is 0 Å². The topological polar surface area (TPSA) is 38.3 Å². The number of nitrogens with one attached hydrogen (secondary N) is 1. The van der Waals surface area contributed by atoms with Crippen molar-refractivity contribution >= 4 is 5.78 Å². The summed E-state index contributed by atoms with van der Waals surface area (Å²) >= 11 is 0. The van der Waals surface area contributed by atoms with Crippen LogP contribution in [0.15, 0.2) is 18.2 Å². The maximum absolute atomic E-state index is 13.3. The van der Waals surface area contributed by atoms with Gasteiger partial charge in [-0.2, -0.15) is 0 Å². The fourth-order valence-electron chi connectivity index (χ4n) is 1.77. The van der Waals surface area contributed by atoms with Crippen molar-refractivity contribution in [3.05, 3.63) is 35.4 Å². The van der Waals surface area contributed by atoms with E-state index in [2.05, 4.69) is 5.32 Å². The van der Waals surface area contributed by atoms with Gasteiger partial charge in [0.1, 0.15) is 11.6 Å². The smallest absolute Gasteiger partial charge is 0.156 e. The van der Waals surface area contributed by atoms with Crippen molar-refractivity contribution in [2.24, 2.45) is 0 Å². The van der Waals surface area contributed by atoms with Gasteiger partial charge in [-0.25, -0.2) is 8.78 Å². The Bertz CT molecular complexity index is 397. The largest absolute Gasteiger partial charge is 0.378 e. The van der Waals surface area contributed by atoms with E-state index < -0.39 is 17.7 Å². The molecule has 2 rings (SSSR count). The third-order valence-corrected chi connectivity index (χ3v) is 2.72. The normalized spacial score (nSPS) is 20.2. The van der Waals surface area contributed by atoms with Gasteiger partial charge in [0.05, 0.1) is 19.3 Å². The van der Waals surface area contributed by atoms with Gasteiger partial charge in [-0.15, -0.1) is 0 Å². The molecule has 0 aromatic heterocycles. The molecule has 5 heteroatoms. The first-order chi connectivity index (χ1) is 8.18. The summed E-state index contributed by atoms with van der Waals surface area (Å²) in [5.41, 5.74) is -0.176. The standard InChI is InChI=1S/C12H13F2NO2/c13-9-2-1-3-10(14)8(9)6-12(16)11-7-17-5-4-15-11/h1-3,11,15H,4-7H2. The predicted molar refractivity (Wildman–Crippen MR) is 57.7 cm³/mol. The van der Waals surface area contributed by atoms with Crippen LogP contribution in [-0.2, 0) is 16.0 Å². The number of ketones is 1. The number of halogens is 2. The molecule has 0 bridgehead atoms. The highest BCUT2D eigenvalue weighted by molar-refractivity contribution is 5.86. The highest BCUT2D eigenvalue weighted by Gasteiger charge is 2.23. The Morgan fingerprint density at radius 3 is 2.71 bits per heavy atom. The molecular weight excluding hydrogens is 228 g/mol. The molecule has 1 unspecified atom stereocenters. The third kappa shape index (κ3) is 2.87. The molecule has 0 aliphatic carbocycles. The molecule has 0 amide bonds. The summed E-state index contributed by atoms with van der Waals surface area (Å²) < 4.78 is 31.8. The predicted octanol–water partition coefficient (Wildman–Crippen LogP) is 1.06. The van der Waals surface area contributed by atoms with Crippen molar-refractivity contribution in [3.63, 3.8) is 0 Å². The van der Waals surface area contributed by atoms with Crippen molar-refractivity contribution in [2.45, 2.75) is 12.5 Å². The van der Waals surface area contributed by atoms with Gasteiger partial charge in [-0.05, 0) is 12.1 Å². The summed E-state index contributed by atoms with van der Waals surface area (Å²) in [6.45, 7) is 1.39. The summed E-state index contributed by atoms with van der Waals surface area (Å²) in [6, 6.07) is 3.11. The molecule has 0 saturated carbocycles. The van der Waals surface area contributed by atoms with Crippen molar-refractivity contribution < 1.29 is 18.3 Å². The number of hydrogen-bond donors (Lipinski definition) is 1. The van der Waals surface area contributed by atoms with Gasteiger partial charge in [-0.3, -0.25) is 4.79 Å². The molecule has 0 radical (unpaired) electrons. The summed E-state index contributed by atoms with van der Waals surface area (Å²) in [5.74, 6) is -1.63. The summed E-state index contributed by atoms with van der Waals surface area (Å²) in [7, 11) is 0. The Labute approximate surface area is 97.8 Å². The van der Waals surface area contributed by atoms with Crippen molar-refractivity contribution in [3.8, 4) is 0 Å². The summed E-state index contributed by atoms with van der Waals surface area (Å²) in [6.07, 6.45) is -0.250. The zero-order chi connectivity index (χ0) is 12.3. The van der Waals surface area contributed by atoms with E-state index in [4.69, 9.17) is 4.74 Å². The van der Waals surface area contributed by atoms with Crippen LogP contribution in [0.5, 0.6) is 0 Å². The van der Waals surface area contributed by atoms with Gasteiger partial charge in [0.25, 0.3) is 0 Å². The van der Waals surface area contributed by atoms with E-state index in [1.54, 1.807) is 0 Å². The highest BCUT2D eigenvalue weighted by Crippen LogP contribution is 2.14. The van der Waals surface area contributed by atoms with E-state index in [9.17, 15) is 13.6 Å². The average molecular weight is 241 g/mol. The minimum atomic E-state index is -0.685. The van der Waals surface area contributed by atoms with E-state index >= 15 is 0 Å². The Balaban J connectivity index is 2.07. The molecule has 92 valence electrons. The van der Waals surface area contributed by atoms with Crippen LogP contribution in [0, 0.1) is 11.6 Å². The number of hydrogen-bond acceptors (Lipinski definition) is 3. The van der Waals surface area contributed by atoms with Crippen molar-refractivity contribution in [1.82, 2.24) is 5.32 Å². The fourth-order valence-corrected chi connectivity index (χ4v) is 1.77. The first-order valence-electron chi connectivity index (χ1n) is 5.45.